The molecule has 82 valence electrons. The maximum absolute atomic E-state index is 13.6. The molecule has 0 heterocycles. The molecule has 0 saturated heterocycles. The van der Waals surface area contributed by atoms with E-state index in [2.05, 4.69) is 0 Å². The van der Waals surface area contributed by atoms with Crippen molar-refractivity contribution in [2.24, 2.45) is 5.73 Å². The second kappa shape index (κ2) is 3.27. The quantitative estimate of drug-likeness (QED) is 0.701. The molecular formula is C12H15F2N. The van der Waals surface area contributed by atoms with Crippen molar-refractivity contribution in [1.29, 1.82) is 0 Å². The summed E-state index contributed by atoms with van der Waals surface area (Å²) in [4.78, 5) is 0. The predicted molar refractivity (Wildman–Crippen MR) is 55.5 cm³/mol. The summed E-state index contributed by atoms with van der Waals surface area (Å²) in [6, 6.07) is 2.03. The van der Waals surface area contributed by atoms with Gasteiger partial charge in [-0.3, -0.25) is 0 Å². The summed E-state index contributed by atoms with van der Waals surface area (Å²) in [5.74, 6) is -1.03. The van der Waals surface area contributed by atoms with E-state index >= 15 is 0 Å². The summed E-state index contributed by atoms with van der Waals surface area (Å²) in [6.07, 6.45) is 1.62. The van der Waals surface area contributed by atoms with Crippen molar-refractivity contribution in [3.8, 4) is 0 Å². The summed E-state index contributed by atoms with van der Waals surface area (Å²) in [5.41, 5.74) is 6.88. The Morgan fingerprint density at radius 2 is 2.00 bits per heavy atom. The van der Waals surface area contributed by atoms with Crippen molar-refractivity contribution in [2.75, 3.05) is 0 Å². The number of nitrogens with two attached hydrogens (primary N) is 1. The Balaban J connectivity index is 2.67. The molecule has 1 aromatic carbocycles. The van der Waals surface area contributed by atoms with Gasteiger partial charge >= 0.3 is 0 Å². The van der Waals surface area contributed by atoms with Crippen molar-refractivity contribution < 1.29 is 8.78 Å². The molecule has 0 bridgehead atoms. The van der Waals surface area contributed by atoms with Crippen LogP contribution in [0.2, 0.25) is 0 Å². The molecular weight excluding hydrogens is 196 g/mol. The van der Waals surface area contributed by atoms with E-state index in [0.717, 1.165) is 24.5 Å². The minimum Gasteiger partial charge on any atom is -0.324 e. The predicted octanol–water partition coefficient (Wildman–Crippen LogP) is 3.04. The smallest absolute Gasteiger partial charge is 0.131 e. The largest absolute Gasteiger partial charge is 0.324 e. The summed E-state index contributed by atoms with van der Waals surface area (Å²) < 4.78 is 26.8. The summed E-state index contributed by atoms with van der Waals surface area (Å²) in [7, 11) is 0. The molecule has 1 unspecified atom stereocenters. The van der Waals surface area contributed by atoms with Gasteiger partial charge in [0.25, 0.3) is 0 Å². The molecule has 0 radical (unpaired) electrons. The van der Waals surface area contributed by atoms with Gasteiger partial charge < -0.3 is 5.73 Å². The molecule has 0 saturated carbocycles. The van der Waals surface area contributed by atoms with Crippen molar-refractivity contribution >= 4 is 0 Å². The van der Waals surface area contributed by atoms with Crippen LogP contribution in [0.1, 0.15) is 43.9 Å². The number of benzene rings is 1. The second-order valence-electron chi connectivity index (χ2n) is 4.88. The third kappa shape index (κ3) is 1.65. The van der Waals surface area contributed by atoms with Crippen LogP contribution in [0.5, 0.6) is 0 Å². The van der Waals surface area contributed by atoms with Crippen LogP contribution in [0.3, 0.4) is 0 Å². The molecule has 0 amide bonds. The van der Waals surface area contributed by atoms with Gasteiger partial charge in [0.05, 0.1) is 0 Å². The van der Waals surface area contributed by atoms with E-state index in [0.29, 0.717) is 5.56 Å². The number of rotatable bonds is 0. The Kier molecular flexibility index (Phi) is 2.30. The first-order valence-electron chi connectivity index (χ1n) is 5.17. The Hall–Kier alpha value is -0.960. The van der Waals surface area contributed by atoms with Crippen LogP contribution in [0.4, 0.5) is 8.78 Å². The molecule has 1 atom stereocenters. The SMILES string of the molecule is CC1(C)CCC(N)c2c(F)cc(F)cc21. The summed E-state index contributed by atoms with van der Waals surface area (Å²) >= 11 is 0. The third-order valence-corrected chi connectivity index (χ3v) is 3.27. The molecule has 0 spiro atoms. The van der Waals surface area contributed by atoms with Gasteiger partial charge in [0, 0.05) is 17.7 Å². The Bertz CT molecular complexity index is 399. The van der Waals surface area contributed by atoms with Gasteiger partial charge in [0.2, 0.25) is 0 Å². The zero-order chi connectivity index (χ0) is 11.2. The van der Waals surface area contributed by atoms with Crippen LogP contribution < -0.4 is 5.73 Å². The fourth-order valence-corrected chi connectivity index (χ4v) is 2.32. The van der Waals surface area contributed by atoms with Crippen molar-refractivity contribution in [2.45, 2.75) is 38.1 Å². The van der Waals surface area contributed by atoms with Gasteiger partial charge in [0.1, 0.15) is 11.6 Å². The molecule has 15 heavy (non-hydrogen) atoms. The maximum atomic E-state index is 13.6. The van der Waals surface area contributed by atoms with Crippen molar-refractivity contribution in [3.63, 3.8) is 0 Å². The minimum atomic E-state index is -0.520. The molecule has 1 aromatic rings. The zero-order valence-electron chi connectivity index (χ0n) is 8.98. The third-order valence-electron chi connectivity index (χ3n) is 3.27. The highest BCUT2D eigenvalue weighted by molar-refractivity contribution is 5.39. The molecule has 2 N–H and O–H groups in total. The molecule has 1 aliphatic rings. The van der Waals surface area contributed by atoms with E-state index in [1.165, 1.54) is 6.07 Å². The standard InChI is InChI=1S/C12H15F2N/c1-12(2)4-3-10(15)11-8(12)5-7(13)6-9(11)14/h5-6,10H,3-4,15H2,1-2H3. The number of fused-ring (bicyclic) bond motifs is 1. The van der Waals surface area contributed by atoms with E-state index in [1.807, 2.05) is 13.8 Å². The van der Waals surface area contributed by atoms with Crippen LogP contribution in [-0.2, 0) is 5.41 Å². The first-order chi connectivity index (χ1) is 6.92. The lowest BCUT2D eigenvalue weighted by Crippen LogP contribution is -2.30. The molecule has 0 aromatic heterocycles. The average molecular weight is 211 g/mol. The summed E-state index contributed by atoms with van der Waals surface area (Å²) in [6.45, 7) is 3.99. The number of hydrogen-bond donors (Lipinski definition) is 1. The monoisotopic (exact) mass is 211 g/mol. The van der Waals surface area contributed by atoms with E-state index in [4.69, 9.17) is 5.73 Å². The Morgan fingerprint density at radius 1 is 1.33 bits per heavy atom. The molecule has 2 rings (SSSR count). The highest BCUT2D eigenvalue weighted by atomic mass is 19.1. The fraction of sp³-hybridized carbons (Fsp3) is 0.500. The lowest BCUT2D eigenvalue weighted by atomic mass is 9.71. The van der Waals surface area contributed by atoms with Crippen molar-refractivity contribution in [1.82, 2.24) is 0 Å². The minimum absolute atomic E-state index is 0.186. The van der Waals surface area contributed by atoms with Crippen LogP contribution in [0.25, 0.3) is 0 Å². The normalized spacial score (nSPS) is 23.7. The topological polar surface area (TPSA) is 26.0 Å². The second-order valence-corrected chi connectivity index (χ2v) is 4.88. The average Bonchev–Trinajstić information content (AvgIpc) is 2.11. The lowest BCUT2D eigenvalue weighted by Gasteiger charge is -2.35. The molecule has 1 nitrogen and oxygen atoms in total. The number of hydrogen-bond acceptors (Lipinski definition) is 1. The zero-order valence-corrected chi connectivity index (χ0v) is 8.98. The van der Waals surface area contributed by atoms with Crippen LogP contribution in [0, 0.1) is 11.6 Å². The van der Waals surface area contributed by atoms with E-state index < -0.39 is 11.6 Å². The Morgan fingerprint density at radius 3 is 2.67 bits per heavy atom. The lowest BCUT2D eigenvalue weighted by molar-refractivity contribution is 0.380. The van der Waals surface area contributed by atoms with E-state index in [-0.39, 0.29) is 11.5 Å². The first-order valence-corrected chi connectivity index (χ1v) is 5.17. The molecule has 1 aliphatic carbocycles. The van der Waals surface area contributed by atoms with E-state index in [1.54, 1.807) is 0 Å². The van der Waals surface area contributed by atoms with Crippen LogP contribution in [-0.4, -0.2) is 0 Å². The molecule has 3 heteroatoms. The molecule has 0 aliphatic heterocycles. The van der Waals surface area contributed by atoms with E-state index in [9.17, 15) is 8.78 Å². The van der Waals surface area contributed by atoms with Gasteiger partial charge in [-0.2, -0.15) is 0 Å². The van der Waals surface area contributed by atoms with Gasteiger partial charge in [-0.25, -0.2) is 8.78 Å². The highest BCUT2D eigenvalue weighted by Crippen LogP contribution is 2.41. The van der Waals surface area contributed by atoms with Crippen LogP contribution >= 0.6 is 0 Å². The first kappa shape index (κ1) is 10.6. The van der Waals surface area contributed by atoms with Gasteiger partial charge in [-0.15, -0.1) is 0 Å². The van der Waals surface area contributed by atoms with Gasteiger partial charge in [-0.1, -0.05) is 13.8 Å². The van der Waals surface area contributed by atoms with Crippen LogP contribution in [0.15, 0.2) is 12.1 Å². The maximum Gasteiger partial charge on any atom is 0.131 e. The highest BCUT2D eigenvalue weighted by Gasteiger charge is 2.33. The summed E-state index contributed by atoms with van der Waals surface area (Å²) in [5, 5.41) is 0. The Labute approximate surface area is 88.3 Å². The number of halogens is 2. The fourth-order valence-electron chi connectivity index (χ4n) is 2.32. The molecule has 0 fully saturated rings. The van der Waals surface area contributed by atoms with Crippen molar-refractivity contribution in [3.05, 3.63) is 34.9 Å². The van der Waals surface area contributed by atoms with Gasteiger partial charge in [0.15, 0.2) is 0 Å². The van der Waals surface area contributed by atoms with Gasteiger partial charge in [-0.05, 0) is 29.9 Å².